The van der Waals surface area contributed by atoms with Crippen molar-refractivity contribution in [3.05, 3.63) is 71.7 Å². The van der Waals surface area contributed by atoms with Crippen LogP contribution in [0.15, 0.2) is 66.9 Å². The van der Waals surface area contributed by atoms with Gasteiger partial charge in [-0.25, -0.2) is 9.78 Å². The molecule has 2 aromatic heterocycles. The van der Waals surface area contributed by atoms with Gasteiger partial charge >= 0.3 is 5.97 Å². The van der Waals surface area contributed by atoms with Crippen LogP contribution in [0.5, 0.6) is 0 Å². The van der Waals surface area contributed by atoms with Crippen LogP contribution < -0.4 is 0 Å². The minimum atomic E-state index is -0.307. The van der Waals surface area contributed by atoms with Gasteiger partial charge in [0.25, 0.3) is 0 Å². The minimum absolute atomic E-state index is 0.307. The Morgan fingerprint density at radius 3 is 2.32 bits per heavy atom. The Bertz CT molecular complexity index is 1020. The Kier molecular flexibility index (Phi) is 4.07. The monoisotopic (exact) mass is 348 g/mol. The molecule has 5 heteroatoms. The number of carbonyl (C=O) groups is 1. The van der Waals surface area contributed by atoms with Crippen molar-refractivity contribution in [2.75, 3.05) is 6.61 Å². The lowest BCUT2D eigenvalue weighted by Crippen LogP contribution is -2.04. The molecule has 0 aliphatic rings. The standard InChI is InChI=1S/C20H16N2O2S/c1-2-24-19(23)18-17(15-11-7-4-8-12-15)22-13-16(21-20(22)25-18)14-9-5-3-6-10-14/h3-13H,2H2,1H3. The fourth-order valence-electron chi connectivity index (χ4n) is 2.79. The summed E-state index contributed by atoms with van der Waals surface area (Å²) in [5, 5.41) is 0. The number of fused-ring (bicyclic) bond motifs is 1. The highest BCUT2D eigenvalue weighted by molar-refractivity contribution is 7.19. The molecule has 0 amide bonds. The zero-order valence-electron chi connectivity index (χ0n) is 13.7. The van der Waals surface area contributed by atoms with Gasteiger partial charge in [0, 0.05) is 17.3 Å². The smallest absolute Gasteiger partial charge is 0.350 e. The molecule has 0 spiro atoms. The number of esters is 1. The van der Waals surface area contributed by atoms with Crippen LogP contribution in [0.3, 0.4) is 0 Å². The number of nitrogens with zero attached hydrogens (tertiary/aromatic N) is 2. The van der Waals surface area contributed by atoms with Gasteiger partial charge in [-0.2, -0.15) is 0 Å². The molecule has 0 saturated carbocycles. The molecule has 0 aliphatic heterocycles. The SMILES string of the molecule is CCOC(=O)c1sc2nc(-c3ccccc3)cn2c1-c1ccccc1. The van der Waals surface area contributed by atoms with Crippen LogP contribution in [-0.2, 0) is 4.74 Å². The molecule has 0 aliphatic carbocycles. The second kappa shape index (κ2) is 6.53. The molecule has 4 rings (SSSR count). The summed E-state index contributed by atoms with van der Waals surface area (Å²) < 4.78 is 7.22. The number of hydrogen-bond acceptors (Lipinski definition) is 4. The van der Waals surface area contributed by atoms with Gasteiger partial charge in [0.15, 0.2) is 4.96 Å². The number of imidazole rings is 1. The van der Waals surface area contributed by atoms with Crippen molar-refractivity contribution in [3.8, 4) is 22.5 Å². The predicted molar refractivity (Wildman–Crippen MR) is 99.9 cm³/mol. The van der Waals surface area contributed by atoms with Gasteiger partial charge in [0.1, 0.15) is 4.88 Å². The summed E-state index contributed by atoms with van der Waals surface area (Å²) in [5.41, 5.74) is 3.73. The van der Waals surface area contributed by atoms with Gasteiger partial charge in [0.05, 0.1) is 18.0 Å². The van der Waals surface area contributed by atoms with Crippen molar-refractivity contribution in [2.45, 2.75) is 6.92 Å². The van der Waals surface area contributed by atoms with E-state index >= 15 is 0 Å². The lowest BCUT2D eigenvalue weighted by molar-refractivity contribution is 0.0532. The van der Waals surface area contributed by atoms with Crippen molar-refractivity contribution in [1.29, 1.82) is 0 Å². The largest absolute Gasteiger partial charge is 0.462 e. The summed E-state index contributed by atoms with van der Waals surface area (Å²) >= 11 is 1.36. The van der Waals surface area contributed by atoms with E-state index in [2.05, 4.69) is 0 Å². The number of aromatic nitrogens is 2. The first-order valence-corrected chi connectivity index (χ1v) is 8.89. The highest BCUT2D eigenvalue weighted by Gasteiger charge is 2.22. The third-order valence-electron chi connectivity index (χ3n) is 3.90. The third kappa shape index (κ3) is 2.83. The summed E-state index contributed by atoms with van der Waals surface area (Å²) in [6.45, 7) is 2.16. The molecule has 0 saturated heterocycles. The van der Waals surface area contributed by atoms with E-state index in [4.69, 9.17) is 9.72 Å². The molecule has 4 nitrogen and oxygen atoms in total. The zero-order chi connectivity index (χ0) is 17.2. The minimum Gasteiger partial charge on any atom is -0.462 e. The molecule has 4 aromatic rings. The highest BCUT2D eigenvalue weighted by atomic mass is 32.1. The van der Waals surface area contributed by atoms with Crippen LogP contribution in [0.2, 0.25) is 0 Å². The second-order valence-electron chi connectivity index (χ2n) is 5.51. The van der Waals surface area contributed by atoms with Crippen LogP contribution in [0, 0.1) is 0 Å². The van der Waals surface area contributed by atoms with Gasteiger partial charge in [-0.05, 0) is 6.92 Å². The number of benzene rings is 2. The maximum absolute atomic E-state index is 12.4. The Morgan fingerprint density at radius 1 is 1.04 bits per heavy atom. The van der Waals surface area contributed by atoms with Crippen molar-refractivity contribution in [2.24, 2.45) is 0 Å². The van der Waals surface area contributed by atoms with E-state index in [1.54, 1.807) is 0 Å². The topological polar surface area (TPSA) is 43.6 Å². The molecule has 0 unspecified atom stereocenters. The van der Waals surface area contributed by atoms with Gasteiger partial charge < -0.3 is 4.74 Å². The van der Waals surface area contributed by atoms with Crippen molar-refractivity contribution in [3.63, 3.8) is 0 Å². The zero-order valence-corrected chi connectivity index (χ0v) is 14.5. The van der Waals surface area contributed by atoms with Crippen LogP contribution in [0.4, 0.5) is 0 Å². The van der Waals surface area contributed by atoms with Gasteiger partial charge in [-0.3, -0.25) is 4.40 Å². The first kappa shape index (κ1) is 15.6. The van der Waals surface area contributed by atoms with Crippen LogP contribution >= 0.6 is 11.3 Å². The van der Waals surface area contributed by atoms with E-state index in [1.165, 1.54) is 11.3 Å². The maximum atomic E-state index is 12.4. The molecule has 0 N–H and O–H groups in total. The molecule has 2 heterocycles. The van der Waals surface area contributed by atoms with Crippen molar-refractivity contribution >= 4 is 22.3 Å². The predicted octanol–water partition coefficient (Wildman–Crippen LogP) is 4.91. The molecule has 25 heavy (non-hydrogen) atoms. The van der Waals surface area contributed by atoms with Crippen LogP contribution in [-0.4, -0.2) is 22.0 Å². The van der Waals surface area contributed by atoms with E-state index in [9.17, 15) is 4.79 Å². The molecule has 0 radical (unpaired) electrons. The third-order valence-corrected chi connectivity index (χ3v) is 4.94. The Balaban J connectivity index is 1.92. The molecular weight excluding hydrogens is 332 g/mol. The molecule has 2 aromatic carbocycles. The summed E-state index contributed by atoms with van der Waals surface area (Å²) in [6, 6.07) is 19.9. The average molecular weight is 348 g/mol. The van der Waals surface area contributed by atoms with Crippen molar-refractivity contribution < 1.29 is 9.53 Å². The summed E-state index contributed by atoms with van der Waals surface area (Å²) in [6.07, 6.45) is 1.98. The number of hydrogen-bond donors (Lipinski definition) is 0. The lowest BCUT2D eigenvalue weighted by Gasteiger charge is -2.04. The Hall–Kier alpha value is -2.92. The molecular formula is C20H16N2O2S. The molecule has 124 valence electrons. The van der Waals surface area contributed by atoms with Crippen molar-refractivity contribution in [1.82, 2.24) is 9.38 Å². The lowest BCUT2D eigenvalue weighted by atomic mass is 10.1. The average Bonchev–Trinajstić information content (AvgIpc) is 3.21. The Morgan fingerprint density at radius 2 is 1.68 bits per heavy atom. The van der Waals surface area contributed by atoms with E-state index in [1.807, 2.05) is 78.2 Å². The fourth-order valence-corrected chi connectivity index (χ4v) is 3.82. The summed E-state index contributed by atoms with van der Waals surface area (Å²) in [5.74, 6) is -0.307. The van der Waals surface area contributed by atoms with Crippen LogP contribution in [0.1, 0.15) is 16.6 Å². The van der Waals surface area contributed by atoms with Crippen LogP contribution in [0.25, 0.3) is 27.5 Å². The first-order chi connectivity index (χ1) is 12.3. The molecule has 0 fully saturated rings. The van der Waals surface area contributed by atoms with Gasteiger partial charge in [-0.15, -0.1) is 0 Å². The quantitative estimate of drug-likeness (QED) is 0.492. The normalized spacial score (nSPS) is 10.9. The van der Waals surface area contributed by atoms with E-state index in [-0.39, 0.29) is 5.97 Å². The summed E-state index contributed by atoms with van der Waals surface area (Å²) in [4.78, 5) is 18.5. The highest BCUT2D eigenvalue weighted by Crippen LogP contribution is 2.34. The number of carbonyl (C=O) groups excluding carboxylic acids is 1. The van der Waals surface area contributed by atoms with Gasteiger partial charge in [0.2, 0.25) is 0 Å². The fraction of sp³-hybridized carbons (Fsp3) is 0.100. The van der Waals surface area contributed by atoms with E-state index < -0.39 is 0 Å². The van der Waals surface area contributed by atoms with E-state index in [0.717, 1.165) is 27.5 Å². The number of thiazole rings is 1. The van der Waals surface area contributed by atoms with E-state index in [0.29, 0.717) is 11.5 Å². The number of ether oxygens (including phenoxy) is 1. The Labute approximate surface area is 149 Å². The first-order valence-electron chi connectivity index (χ1n) is 8.07. The molecule has 0 atom stereocenters. The second-order valence-corrected chi connectivity index (χ2v) is 6.49. The number of rotatable bonds is 4. The summed E-state index contributed by atoms with van der Waals surface area (Å²) in [7, 11) is 0. The van der Waals surface area contributed by atoms with Gasteiger partial charge in [-0.1, -0.05) is 72.0 Å². The molecule has 0 bridgehead atoms. The maximum Gasteiger partial charge on any atom is 0.350 e.